The molecule has 144 valence electrons. The highest BCUT2D eigenvalue weighted by atomic mass is 16.2. The molecule has 0 radical (unpaired) electrons. The number of hydrogen-bond acceptors (Lipinski definition) is 2. The molecule has 0 spiro atoms. The predicted molar refractivity (Wildman–Crippen MR) is 103 cm³/mol. The molecule has 0 saturated carbocycles. The smallest absolute Gasteiger partial charge is 0.255 e. The van der Waals surface area contributed by atoms with Gasteiger partial charge < -0.3 is 14.4 Å². The summed E-state index contributed by atoms with van der Waals surface area (Å²) in [7, 11) is 0. The third-order valence-corrected chi connectivity index (χ3v) is 6.11. The first-order valence-electron chi connectivity index (χ1n) is 10.1. The van der Waals surface area contributed by atoms with Crippen molar-refractivity contribution in [3.63, 3.8) is 0 Å². The monoisotopic (exact) mass is 359 g/mol. The standard InChI is InChI=1S/C21H33N3O2/c1-6-23-15(4)11-18(16(23)5)21(26)22-10-9-19-17(13-22)7-8-20(25)24(19)12-14(2)3/h11,14,17,19H,6-10,12-13H2,1-5H3/t17-,19+/m0/s1. The van der Waals surface area contributed by atoms with E-state index in [9.17, 15) is 9.59 Å². The second-order valence-electron chi connectivity index (χ2n) is 8.37. The number of fused-ring (bicyclic) bond motifs is 1. The van der Waals surface area contributed by atoms with Gasteiger partial charge in [0.25, 0.3) is 5.91 Å². The zero-order valence-electron chi connectivity index (χ0n) is 16.9. The molecule has 2 fully saturated rings. The molecule has 1 aromatic rings. The Labute approximate surface area is 157 Å². The van der Waals surface area contributed by atoms with Gasteiger partial charge in [0.05, 0.1) is 5.56 Å². The second-order valence-corrected chi connectivity index (χ2v) is 8.37. The Balaban J connectivity index is 1.74. The molecule has 2 atom stereocenters. The van der Waals surface area contributed by atoms with Gasteiger partial charge in [0.15, 0.2) is 0 Å². The predicted octanol–water partition coefficient (Wildman–Crippen LogP) is 3.23. The minimum absolute atomic E-state index is 0.156. The Morgan fingerprint density at radius 1 is 1.27 bits per heavy atom. The molecular weight excluding hydrogens is 326 g/mol. The number of nitrogens with zero attached hydrogens (tertiary/aromatic N) is 3. The van der Waals surface area contributed by atoms with Gasteiger partial charge in [-0.2, -0.15) is 0 Å². The van der Waals surface area contributed by atoms with Crippen molar-refractivity contribution < 1.29 is 9.59 Å². The van der Waals surface area contributed by atoms with E-state index >= 15 is 0 Å². The highest BCUT2D eigenvalue weighted by molar-refractivity contribution is 5.96. The van der Waals surface area contributed by atoms with Crippen LogP contribution in [0.4, 0.5) is 0 Å². The summed E-state index contributed by atoms with van der Waals surface area (Å²) in [6.07, 6.45) is 2.44. The topological polar surface area (TPSA) is 45.6 Å². The number of aromatic nitrogens is 1. The Hall–Kier alpha value is -1.78. The van der Waals surface area contributed by atoms with E-state index in [4.69, 9.17) is 0 Å². The van der Waals surface area contributed by atoms with E-state index in [0.717, 1.165) is 56.0 Å². The van der Waals surface area contributed by atoms with E-state index in [2.05, 4.69) is 37.2 Å². The highest BCUT2D eigenvalue weighted by Crippen LogP contribution is 2.32. The largest absolute Gasteiger partial charge is 0.349 e. The van der Waals surface area contributed by atoms with Gasteiger partial charge in [-0.1, -0.05) is 13.8 Å². The van der Waals surface area contributed by atoms with Crippen LogP contribution >= 0.6 is 0 Å². The zero-order valence-corrected chi connectivity index (χ0v) is 16.9. The number of amides is 2. The molecular formula is C21H33N3O2. The van der Waals surface area contributed by atoms with Crippen molar-refractivity contribution in [1.82, 2.24) is 14.4 Å². The summed E-state index contributed by atoms with van der Waals surface area (Å²) < 4.78 is 2.20. The maximum absolute atomic E-state index is 13.1. The third kappa shape index (κ3) is 3.40. The third-order valence-electron chi connectivity index (χ3n) is 6.11. The number of likely N-dealkylation sites (tertiary alicyclic amines) is 2. The van der Waals surface area contributed by atoms with E-state index in [1.165, 1.54) is 0 Å². The molecule has 2 aliphatic rings. The molecule has 5 nitrogen and oxygen atoms in total. The van der Waals surface area contributed by atoms with Gasteiger partial charge in [0, 0.05) is 50.0 Å². The van der Waals surface area contributed by atoms with Gasteiger partial charge in [0.1, 0.15) is 0 Å². The molecule has 1 aromatic heterocycles. The van der Waals surface area contributed by atoms with Crippen LogP contribution in [-0.4, -0.2) is 51.9 Å². The van der Waals surface area contributed by atoms with Crippen molar-refractivity contribution >= 4 is 11.8 Å². The Morgan fingerprint density at radius 3 is 2.62 bits per heavy atom. The van der Waals surface area contributed by atoms with E-state index in [-0.39, 0.29) is 5.91 Å². The molecule has 0 aromatic carbocycles. The van der Waals surface area contributed by atoms with Gasteiger partial charge in [0.2, 0.25) is 5.91 Å². The summed E-state index contributed by atoms with van der Waals surface area (Å²) >= 11 is 0. The van der Waals surface area contributed by atoms with Gasteiger partial charge in [-0.3, -0.25) is 9.59 Å². The minimum Gasteiger partial charge on any atom is -0.349 e. The van der Waals surface area contributed by atoms with Crippen molar-refractivity contribution in [3.8, 4) is 0 Å². The average Bonchev–Trinajstić information content (AvgIpc) is 2.89. The Morgan fingerprint density at radius 2 is 2.00 bits per heavy atom. The molecule has 0 N–H and O–H groups in total. The van der Waals surface area contributed by atoms with Gasteiger partial charge in [-0.15, -0.1) is 0 Å². The van der Waals surface area contributed by atoms with Crippen LogP contribution in [0.1, 0.15) is 61.8 Å². The molecule has 2 amide bonds. The van der Waals surface area contributed by atoms with Crippen molar-refractivity contribution in [1.29, 1.82) is 0 Å². The molecule has 2 aliphatic heterocycles. The number of carbonyl (C=O) groups excluding carboxylic acids is 2. The fourth-order valence-electron chi connectivity index (χ4n) is 4.84. The van der Waals surface area contributed by atoms with Crippen LogP contribution in [0.3, 0.4) is 0 Å². The van der Waals surface area contributed by atoms with Gasteiger partial charge in [-0.05, 0) is 51.5 Å². The van der Waals surface area contributed by atoms with E-state index in [1.807, 2.05) is 17.9 Å². The van der Waals surface area contributed by atoms with Crippen LogP contribution in [0, 0.1) is 25.7 Å². The fraction of sp³-hybridized carbons (Fsp3) is 0.714. The van der Waals surface area contributed by atoms with Crippen LogP contribution in [0.2, 0.25) is 0 Å². The van der Waals surface area contributed by atoms with Crippen LogP contribution in [0.15, 0.2) is 6.07 Å². The molecule has 26 heavy (non-hydrogen) atoms. The van der Waals surface area contributed by atoms with Crippen molar-refractivity contribution in [2.24, 2.45) is 11.8 Å². The number of piperidine rings is 2. The molecule has 5 heteroatoms. The summed E-state index contributed by atoms with van der Waals surface area (Å²) in [5, 5.41) is 0. The lowest BCUT2D eigenvalue weighted by atomic mass is 9.83. The van der Waals surface area contributed by atoms with Gasteiger partial charge >= 0.3 is 0 Å². The lowest BCUT2D eigenvalue weighted by Crippen LogP contribution is -2.57. The molecule has 3 heterocycles. The highest BCUT2D eigenvalue weighted by Gasteiger charge is 2.40. The maximum Gasteiger partial charge on any atom is 0.255 e. The summed E-state index contributed by atoms with van der Waals surface area (Å²) in [6, 6.07) is 2.34. The number of hydrogen-bond donors (Lipinski definition) is 0. The van der Waals surface area contributed by atoms with Crippen LogP contribution < -0.4 is 0 Å². The first-order valence-corrected chi connectivity index (χ1v) is 10.1. The summed E-state index contributed by atoms with van der Waals surface area (Å²) in [4.78, 5) is 29.6. The summed E-state index contributed by atoms with van der Waals surface area (Å²) in [5.41, 5.74) is 3.06. The van der Waals surface area contributed by atoms with Crippen LogP contribution in [0.5, 0.6) is 0 Å². The molecule has 0 bridgehead atoms. The fourth-order valence-corrected chi connectivity index (χ4v) is 4.84. The van der Waals surface area contributed by atoms with E-state index in [1.54, 1.807) is 0 Å². The number of carbonyl (C=O) groups is 2. The Kier molecular flexibility index (Phi) is 5.44. The number of aryl methyl sites for hydroxylation is 1. The minimum atomic E-state index is 0.156. The van der Waals surface area contributed by atoms with Crippen molar-refractivity contribution in [3.05, 3.63) is 23.0 Å². The Bertz CT molecular complexity index is 692. The van der Waals surface area contributed by atoms with Crippen molar-refractivity contribution in [2.75, 3.05) is 19.6 Å². The van der Waals surface area contributed by atoms with Crippen molar-refractivity contribution in [2.45, 2.75) is 66.5 Å². The summed E-state index contributed by atoms with van der Waals surface area (Å²) in [5.74, 6) is 1.35. The average molecular weight is 360 g/mol. The van der Waals surface area contributed by atoms with E-state index < -0.39 is 0 Å². The molecule has 3 rings (SSSR count). The zero-order chi connectivity index (χ0) is 19.0. The second kappa shape index (κ2) is 7.45. The van der Waals surface area contributed by atoms with Gasteiger partial charge in [-0.25, -0.2) is 0 Å². The molecule has 2 saturated heterocycles. The lowest BCUT2D eigenvalue weighted by Gasteiger charge is -2.47. The SMILES string of the molecule is CCn1c(C)cc(C(=O)N2CC[C@@H]3[C@@H](CCC(=O)N3CC(C)C)C2)c1C. The normalized spacial score (nSPS) is 23.5. The maximum atomic E-state index is 13.1. The van der Waals surface area contributed by atoms with Crippen LogP contribution in [-0.2, 0) is 11.3 Å². The molecule has 0 unspecified atom stereocenters. The summed E-state index contributed by atoms with van der Waals surface area (Å²) in [6.45, 7) is 13.8. The lowest BCUT2D eigenvalue weighted by molar-refractivity contribution is -0.141. The molecule has 0 aliphatic carbocycles. The van der Waals surface area contributed by atoms with Crippen LogP contribution in [0.25, 0.3) is 0 Å². The quantitative estimate of drug-likeness (QED) is 0.828. The number of rotatable bonds is 4. The van der Waals surface area contributed by atoms with E-state index in [0.29, 0.717) is 30.2 Å². The first kappa shape index (κ1) is 19.0. The first-order chi connectivity index (χ1) is 12.3.